The minimum absolute atomic E-state index is 0.682. The van der Waals surface area contributed by atoms with E-state index in [1.54, 1.807) is 6.26 Å². The van der Waals surface area contributed by atoms with Crippen LogP contribution in [-0.2, 0) is 19.5 Å². The van der Waals surface area contributed by atoms with Gasteiger partial charge in [0.05, 0.1) is 12.0 Å². The van der Waals surface area contributed by atoms with E-state index in [0.29, 0.717) is 5.82 Å². The van der Waals surface area contributed by atoms with E-state index >= 15 is 0 Å². The van der Waals surface area contributed by atoms with Crippen molar-refractivity contribution in [1.82, 2.24) is 14.9 Å². The average molecular weight is 347 g/mol. The Morgan fingerprint density at radius 2 is 2.12 bits per heavy atom. The topological polar surface area (TPSA) is 42.2 Å². The van der Waals surface area contributed by atoms with Gasteiger partial charge in [-0.3, -0.25) is 4.90 Å². The SMILES string of the molecule is c1coc(-c2ncc3c(n2)CCN(Cc2csc4ccccc24)C3)c1. The fourth-order valence-corrected chi connectivity index (χ4v) is 4.38. The van der Waals surface area contributed by atoms with Gasteiger partial charge in [0.2, 0.25) is 0 Å². The van der Waals surface area contributed by atoms with E-state index in [4.69, 9.17) is 9.40 Å². The van der Waals surface area contributed by atoms with Crippen molar-refractivity contribution < 1.29 is 4.42 Å². The lowest BCUT2D eigenvalue weighted by atomic mass is 10.1. The van der Waals surface area contributed by atoms with Crippen LogP contribution >= 0.6 is 11.3 Å². The fourth-order valence-electron chi connectivity index (χ4n) is 3.43. The van der Waals surface area contributed by atoms with E-state index in [1.165, 1.54) is 21.2 Å². The average Bonchev–Trinajstić information content (AvgIpc) is 3.32. The van der Waals surface area contributed by atoms with Gasteiger partial charge in [0.25, 0.3) is 0 Å². The molecule has 4 aromatic rings. The summed E-state index contributed by atoms with van der Waals surface area (Å²) in [6.45, 7) is 2.90. The molecule has 0 amide bonds. The highest BCUT2D eigenvalue weighted by Gasteiger charge is 2.20. The monoisotopic (exact) mass is 347 g/mol. The predicted octanol–water partition coefficient (Wildman–Crippen LogP) is 4.51. The van der Waals surface area contributed by atoms with Crippen molar-refractivity contribution in [2.75, 3.05) is 6.54 Å². The minimum atomic E-state index is 0.682. The van der Waals surface area contributed by atoms with Crippen molar-refractivity contribution in [3.8, 4) is 11.6 Å². The first kappa shape index (κ1) is 14.8. The number of thiophene rings is 1. The normalized spacial score (nSPS) is 14.7. The summed E-state index contributed by atoms with van der Waals surface area (Å²) in [5.41, 5.74) is 3.78. The van der Waals surface area contributed by atoms with Gasteiger partial charge in [-0.05, 0) is 34.5 Å². The molecular weight excluding hydrogens is 330 g/mol. The van der Waals surface area contributed by atoms with Crippen LogP contribution in [0.4, 0.5) is 0 Å². The molecule has 0 fully saturated rings. The maximum absolute atomic E-state index is 5.41. The Hall–Kier alpha value is -2.50. The first-order valence-corrected chi connectivity index (χ1v) is 9.31. The third-order valence-corrected chi connectivity index (χ3v) is 5.72. The summed E-state index contributed by atoms with van der Waals surface area (Å²) in [6, 6.07) is 12.4. The van der Waals surface area contributed by atoms with Crippen LogP contribution in [0.25, 0.3) is 21.7 Å². The molecular formula is C20H17N3OS. The van der Waals surface area contributed by atoms with Crippen LogP contribution in [0.5, 0.6) is 0 Å². The molecule has 4 nitrogen and oxygen atoms in total. The van der Waals surface area contributed by atoms with Crippen LogP contribution in [0.2, 0.25) is 0 Å². The molecule has 1 aliphatic heterocycles. The standard InChI is InChI=1S/C20H17N3OS/c1-2-6-19-16(4-1)15(13-25-19)12-23-8-7-17-14(11-23)10-21-20(22-17)18-5-3-9-24-18/h1-6,9-10,13H,7-8,11-12H2. The number of hydrogen-bond acceptors (Lipinski definition) is 5. The summed E-state index contributed by atoms with van der Waals surface area (Å²) in [7, 11) is 0. The van der Waals surface area contributed by atoms with Crippen LogP contribution in [0.15, 0.2) is 58.7 Å². The van der Waals surface area contributed by atoms with Crippen molar-refractivity contribution in [2.45, 2.75) is 19.5 Å². The highest BCUT2D eigenvalue weighted by Crippen LogP contribution is 2.28. The van der Waals surface area contributed by atoms with Crippen molar-refractivity contribution in [3.63, 3.8) is 0 Å². The first-order chi connectivity index (χ1) is 12.4. The highest BCUT2D eigenvalue weighted by molar-refractivity contribution is 7.17. The van der Waals surface area contributed by atoms with E-state index in [-0.39, 0.29) is 0 Å². The van der Waals surface area contributed by atoms with Gasteiger partial charge >= 0.3 is 0 Å². The lowest BCUT2D eigenvalue weighted by Gasteiger charge is -2.27. The van der Waals surface area contributed by atoms with Gasteiger partial charge in [-0.25, -0.2) is 9.97 Å². The van der Waals surface area contributed by atoms with Crippen molar-refractivity contribution >= 4 is 21.4 Å². The predicted molar refractivity (Wildman–Crippen MR) is 99.4 cm³/mol. The van der Waals surface area contributed by atoms with Gasteiger partial charge in [0.1, 0.15) is 0 Å². The summed E-state index contributed by atoms with van der Waals surface area (Å²) in [4.78, 5) is 11.7. The molecule has 0 saturated carbocycles. The van der Waals surface area contributed by atoms with Crippen LogP contribution in [0.3, 0.4) is 0 Å². The van der Waals surface area contributed by atoms with Gasteiger partial charge in [-0.1, -0.05) is 18.2 Å². The summed E-state index contributed by atoms with van der Waals surface area (Å²) >= 11 is 1.83. The number of hydrogen-bond donors (Lipinski definition) is 0. The second kappa shape index (κ2) is 6.10. The Morgan fingerprint density at radius 1 is 1.16 bits per heavy atom. The van der Waals surface area contributed by atoms with Crippen molar-refractivity contribution in [3.05, 3.63) is 71.1 Å². The van der Waals surface area contributed by atoms with Crippen LogP contribution < -0.4 is 0 Å². The Bertz CT molecular complexity index is 1020. The van der Waals surface area contributed by atoms with Crippen LogP contribution in [-0.4, -0.2) is 21.4 Å². The molecule has 0 unspecified atom stereocenters. The van der Waals surface area contributed by atoms with Gasteiger partial charge in [-0.2, -0.15) is 0 Å². The quantitative estimate of drug-likeness (QED) is 0.547. The van der Waals surface area contributed by atoms with Crippen LogP contribution in [0.1, 0.15) is 16.8 Å². The van der Waals surface area contributed by atoms with E-state index in [2.05, 4.69) is 39.5 Å². The molecule has 5 rings (SSSR count). The molecule has 0 radical (unpaired) electrons. The molecule has 0 N–H and O–H groups in total. The van der Waals surface area contributed by atoms with E-state index in [1.807, 2.05) is 29.7 Å². The van der Waals surface area contributed by atoms with Gasteiger partial charge in [0, 0.05) is 42.5 Å². The maximum atomic E-state index is 5.41. The van der Waals surface area contributed by atoms with Crippen LogP contribution in [0, 0.1) is 0 Å². The Morgan fingerprint density at radius 3 is 3.04 bits per heavy atom. The number of fused-ring (bicyclic) bond motifs is 2. The molecule has 0 aliphatic carbocycles. The summed E-state index contributed by atoms with van der Waals surface area (Å²) in [5, 5.41) is 3.67. The van der Waals surface area contributed by atoms with E-state index in [0.717, 1.165) is 37.5 Å². The Balaban J connectivity index is 1.37. The lowest BCUT2D eigenvalue weighted by Crippen LogP contribution is -2.30. The summed E-state index contributed by atoms with van der Waals surface area (Å²) in [5.74, 6) is 1.41. The Labute approximate surface area is 149 Å². The number of nitrogens with zero attached hydrogens (tertiary/aromatic N) is 3. The van der Waals surface area contributed by atoms with E-state index < -0.39 is 0 Å². The molecule has 124 valence electrons. The molecule has 1 aromatic carbocycles. The maximum Gasteiger partial charge on any atom is 0.195 e. The first-order valence-electron chi connectivity index (χ1n) is 8.43. The third kappa shape index (κ3) is 2.75. The van der Waals surface area contributed by atoms with Gasteiger partial charge in [0.15, 0.2) is 11.6 Å². The molecule has 25 heavy (non-hydrogen) atoms. The molecule has 3 aromatic heterocycles. The fraction of sp³-hybridized carbons (Fsp3) is 0.200. The van der Waals surface area contributed by atoms with Crippen molar-refractivity contribution in [2.24, 2.45) is 0 Å². The molecule has 1 aliphatic rings. The number of benzene rings is 1. The lowest BCUT2D eigenvalue weighted by molar-refractivity contribution is 0.244. The largest absolute Gasteiger partial charge is 0.461 e. The molecule has 5 heteroatoms. The second-order valence-corrected chi connectivity index (χ2v) is 7.27. The summed E-state index contributed by atoms with van der Waals surface area (Å²) in [6.07, 6.45) is 4.57. The zero-order valence-corrected chi connectivity index (χ0v) is 14.5. The summed E-state index contributed by atoms with van der Waals surface area (Å²) < 4.78 is 6.77. The molecule has 0 saturated heterocycles. The van der Waals surface area contributed by atoms with Crippen molar-refractivity contribution in [1.29, 1.82) is 0 Å². The Kier molecular flexibility index (Phi) is 3.61. The second-order valence-electron chi connectivity index (χ2n) is 6.36. The minimum Gasteiger partial charge on any atom is -0.461 e. The zero-order valence-electron chi connectivity index (χ0n) is 13.7. The van der Waals surface area contributed by atoms with Gasteiger partial charge < -0.3 is 4.42 Å². The number of rotatable bonds is 3. The molecule has 0 spiro atoms. The highest BCUT2D eigenvalue weighted by atomic mass is 32.1. The molecule has 4 heterocycles. The molecule has 0 bridgehead atoms. The molecule has 0 atom stereocenters. The zero-order chi connectivity index (χ0) is 16.6. The van der Waals surface area contributed by atoms with Gasteiger partial charge in [-0.15, -0.1) is 11.3 Å². The third-order valence-electron chi connectivity index (χ3n) is 4.71. The van der Waals surface area contributed by atoms with E-state index in [9.17, 15) is 0 Å². The number of aromatic nitrogens is 2. The number of furan rings is 1. The smallest absolute Gasteiger partial charge is 0.195 e.